The van der Waals surface area contributed by atoms with Crippen molar-refractivity contribution >= 4 is 0 Å². The average Bonchev–Trinajstić information content (AvgIpc) is 2.75. The van der Waals surface area contributed by atoms with E-state index in [-0.39, 0.29) is 18.0 Å². The molecule has 1 aliphatic heterocycles. The van der Waals surface area contributed by atoms with E-state index in [1.807, 2.05) is 42.5 Å². The predicted octanol–water partition coefficient (Wildman–Crippen LogP) is 3.34. The molecule has 0 radical (unpaired) electrons. The maximum Gasteiger partial charge on any atom is 0.271 e. The van der Waals surface area contributed by atoms with Crippen molar-refractivity contribution < 1.29 is 5.11 Å². The monoisotopic (exact) mass is 385 g/mol. The first kappa shape index (κ1) is 19.0. The molecule has 2 heterocycles. The van der Waals surface area contributed by atoms with Gasteiger partial charge in [-0.1, -0.05) is 54.6 Å². The molecule has 0 saturated carbocycles. The number of benzene rings is 2. The lowest BCUT2D eigenvalue weighted by Gasteiger charge is -2.30. The van der Waals surface area contributed by atoms with Crippen molar-refractivity contribution in [3.05, 3.63) is 98.3 Å². The standard InChI is InChI=1S/C24H23N3O2/c1-17-21(13-25)23(28)27(14-18-7-3-2-4-8-18)24(29)22(17)16-26-12-11-19-9-5-6-10-20(19)15-26/h2-10,29H,11-12,14-16H2,1H3. The van der Waals surface area contributed by atoms with E-state index in [9.17, 15) is 15.2 Å². The summed E-state index contributed by atoms with van der Waals surface area (Å²) in [5.74, 6) is -0.0470. The first-order valence-corrected chi connectivity index (χ1v) is 9.77. The maximum atomic E-state index is 12.8. The van der Waals surface area contributed by atoms with Crippen LogP contribution < -0.4 is 5.56 Å². The summed E-state index contributed by atoms with van der Waals surface area (Å²) in [6.45, 7) is 4.14. The molecule has 1 aliphatic rings. The molecule has 4 rings (SSSR count). The third-order valence-corrected chi connectivity index (χ3v) is 5.70. The summed E-state index contributed by atoms with van der Waals surface area (Å²) in [5.41, 5.74) is 4.42. The van der Waals surface area contributed by atoms with Gasteiger partial charge in [-0.05, 0) is 35.6 Å². The molecule has 1 N–H and O–H groups in total. The van der Waals surface area contributed by atoms with Crippen LogP contribution in [0.4, 0.5) is 0 Å². The summed E-state index contributed by atoms with van der Waals surface area (Å²) in [5, 5.41) is 20.6. The number of hydrogen-bond acceptors (Lipinski definition) is 4. The van der Waals surface area contributed by atoms with Gasteiger partial charge in [0.25, 0.3) is 5.56 Å². The van der Waals surface area contributed by atoms with E-state index < -0.39 is 5.56 Å². The molecule has 146 valence electrons. The van der Waals surface area contributed by atoms with Crippen LogP contribution in [0.25, 0.3) is 0 Å². The zero-order valence-corrected chi connectivity index (χ0v) is 16.4. The lowest BCUT2D eigenvalue weighted by atomic mass is 9.98. The molecule has 2 aromatic carbocycles. The molecule has 0 saturated heterocycles. The minimum Gasteiger partial charge on any atom is -0.494 e. The smallest absolute Gasteiger partial charge is 0.271 e. The first-order chi connectivity index (χ1) is 14.1. The van der Waals surface area contributed by atoms with Crippen molar-refractivity contribution in [2.75, 3.05) is 6.54 Å². The third-order valence-electron chi connectivity index (χ3n) is 5.70. The minimum absolute atomic E-state index is 0.0470. The zero-order chi connectivity index (χ0) is 20.4. The van der Waals surface area contributed by atoms with Crippen LogP contribution in [0.2, 0.25) is 0 Å². The second-order valence-electron chi connectivity index (χ2n) is 7.52. The zero-order valence-electron chi connectivity index (χ0n) is 16.4. The van der Waals surface area contributed by atoms with Gasteiger partial charge in [-0.2, -0.15) is 5.26 Å². The van der Waals surface area contributed by atoms with Gasteiger partial charge in [-0.25, -0.2) is 0 Å². The number of rotatable bonds is 4. The predicted molar refractivity (Wildman–Crippen MR) is 112 cm³/mol. The highest BCUT2D eigenvalue weighted by Crippen LogP contribution is 2.27. The van der Waals surface area contributed by atoms with E-state index in [4.69, 9.17) is 0 Å². The van der Waals surface area contributed by atoms with E-state index in [1.54, 1.807) is 6.92 Å². The maximum absolute atomic E-state index is 12.8. The highest BCUT2D eigenvalue weighted by atomic mass is 16.3. The van der Waals surface area contributed by atoms with Crippen LogP contribution in [0.5, 0.6) is 5.88 Å². The highest BCUT2D eigenvalue weighted by molar-refractivity contribution is 5.46. The molecule has 0 bridgehead atoms. The van der Waals surface area contributed by atoms with Crippen LogP contribution in [0.1, 0.15) is 33.4 Å². The van der Waals surface area contributed by atoms with Crippen LogP contribution >= 0.6 is 0 Å². The molecule has 0 aliphatic carbocycles. The fourth-order valence-electron chi connectivity index (χ4n) is 4.02. The number of aromatic nitrogens is 1. The second kappa shape index (κ2) is 7.94. The Morgan fingerprint density at radius 3 is 2.45 bits per heavy atom. The van der Waals surface area contributed by atoms with Crippen molar-refractivity contribution in [1.82, 2.24) is 9.47 Å². The summed E-state index contributed by atoms with van der Waals surface area (Å²) >= 11 is 0. The fraction of sp³-hybridized carbons (Fsp3) is 0.250. The summed E-state index contributed by atoms with van der Waals surface area (Å²) in [6, 6.07) is 19.9. The molecule has 1 aromatic heterocycles. The van der Waals surface area contributed by atoms with Gasteiger partial charge in [-0.15, -0.1) is 0 Å². The van der Waals surface area contributed by atoms with Crippen LogP contribution in [0.15, 0.2) is 59.4 Å². The highest BCUT2D eigenvalue weighted by Gasteiger charge is 2.23. The molecule has 0 amide bonds. The summed E-state index contributed by atoms with van der Waals surface area (Å²) < 4.78 is 1.31. The van der Waals surface area contributed by atoms with E-state index in [0.717, 1.165) is 25.1 Å². The molecule has 5 heteroatoms. The Balaban J connectivity index is 1.71. The Kier molecular flexibility index (Phi) is 5.20. The van der Waals surface area contributed by atoms with Gasteiger partial charge in [0.05, 0.1) is 6.54 Å². The van der Waals surface area contributed by atoms with E-state index in [2.05, 4.69) is 23.1 Å². The quantitative estimate of drug-likeness (QED) is 0.748. The number of fused-ring (bicyclic) bond motifs is 1. The Bertz CT molecular complexity index is 1140. The normalized spacial score (nSPS) is 13.7. The first-order valence-electron chi connectivity index (χ1n) is 9.77. The van der Waals surface area contributed by atoms with Crippen molar-refractivity contribution in [3.8, 4) is 11.9 Å². The van der Waals surface area contributed by atoms with Crippen LogP contribution in [-0.2, 0) is 26.1 Å². The molecular weight excluding hydrogens is 362 g/mol. The van der Waals surface area contributed by atoms with Gasteiger partial charge < -0.3 is 5.11 Å². The van der Waals surface area contributed by atoms with Gasteiger partial charge >= 0.3 is 0 Å². The lowest BCUT2D eigenvalue weighted by Crippen LogP contribution is -2.32. The Hall–Kier alpha value is -3.36. The van der Waals surface area contributed by atoms with E-state index in [0.29, 0.717) is 17.7 Å². The number of nitrogens with zero attached hydrogens (tertiary/aromatic N) is 3. The molecule has 5 nitrogen and oxygen atoms in total. The van der Waals surface area contributed by atoms with Crippen molar-refractivity contribution in [2.24, 2.45) is 0 Å². The van der Waals surface area contributed by atoms with Gasteiger partial charge in [-0.3, -0.25) is 14.3 Å². The van der Waals surface area contributed by atoms with Crippen molar-refractivity contribution in [2.45, 2.75) is 33.0 Å². The van der Waals surface area contributed by atoms with Gasteiger partial charge in [0, 0.05) is 25.2 Å². The fourth-order valence-corrected chi connectivity index (χ4v) is 4.02. The molecule has 0 spiro atoms. The third kappa shape index (κ3) is 3.67. The van der Waals surface area contributed by atoms with Crippen LogP contribution in [-0.4, -0.2) is 21.1 Å². The average molecular weight is 385 g/mol. The molecule has 0 atom stereocenters. The Labute approximate surface area is 170 Å². The number of nitriles is 1. The number of aromatic hydroxyl groups is 1. The van der Waals surface area contributed by atoms with E-state index >= 15 is 0 Å². The lowest BCUT2D eigenvalue weighted by molar-refractivity contribution is 0.239. The molecule has 3 aromatic rings. The Morgan fingerprint density at radius 2 is 1.72 bits per heavy atom. The van der Waals surface area contributed by atoms with Gasteiger partial charge in [0.2, 0.25) is 0 Å². The van der Waals surface area contributed by atoms with Crippen molar-refractivity contribution in [3.63, 3.8) is 0 Å². The van der Waals surface area contributed by atoms with Crippen LogP contribution in [0, 0.1) is 18.3 Å². The number of pyridine rings is 1. The molecular formula is C24H23N3O2. The van der Waals surface area contributed by atoms with Crippen LogP contribution in [0.3, 0.4) is 0 Å². The number of hydrogen-bond donors (Lipinski definition) is 1. The molecule has 0 fully saturated rings. The molecule has 29 heavy (non-hydrogen) atoms. The van der Waals surface area contributed by atoms with Gasteiger partial charge in [0.15, 0.2) is 5.88 Å². The SMILES string of the molecule is Cc1c(CN2CCc3ccccc3C2)c(O)n(Cc2ccccc2)c(=O)c1C#N. The minimum atomic E-state index is -0.445. The Morgan fingerprint density at radius 1 is 1.03 bits per heavy atom. The van der Waals surface area contributed by atoms with E-state index in [1.165, 1.54) is 15.7 Å². The topological polar surface area (TPSA) is 69.3 Å². The second-order valence-corrected chi connectivity index (χ2v) is 7.52. The van der Waals surface area contributed by atoms with Gasteiger partial charge in [0.1, 0.15) is 11.6 Å². The summed E-state index contributed by atoms with van der Waals surface area (Å²) in [7, 11) is 0. The summed E-state index contributed by atoms with van der Waals surface area (Å²) in [4.78, 5) is 15.1. The van der Waals surface area contributed by atoms with Crippen molar-refractivity contribution in [1.29, 1.82) is 5.26 Å². The largest absolute Gasteiger partial charge is 0.494 e. The summed E-state index contributed by atoms with van der Waals surface area (Å²) in [6.07, 6.45) is 0.949. The molecule has 0 unspecified atom stereocenters.